The normalized spacial score (nSPS) is 21.0. The fraction of sp³-hybridized carbons (Fsp3) is 0.375. The third-order valence-electron chi connectivity index (χ3n) is 4.13. The number of anilines is 1. The van der Waals surface area contributed by atoms with Crippen molar-refractivity contribution < 1.29 is 23.1 Å². The maximum Gasteiger partial charge on any atom is 0.433 e. The number of aliphatic hydroxyl groups is 1. The summed E-state index contributed by atoms with van der Waals surface area (Å²) in [6.07, 6.45) is -2.01. The summed E-state index contributed by atoms with van der Waals surface area (Å²) < 4.78 is 39.5. The van der Waals surface area contributed by atoms with Gasteiger partial charge in [-0.3, -0.25) is 4.79 Å². The van der Waals surface area contributed by atoms with Crippen molar-refractivity contribution in [3.8, 4) is 5.69 Å². The number of carbonyl (C=O) groups excluding carboxylic acids is 1. The molecule has 1 aliphatic rings. The second-order valence-corrected chi connectivity index (χ2v) is 5.77. The highest BCUT2D eigenvalue weighted by molar-refractivity contribution is 5.93. The first-order chi connectivity index (χ1) is 11.4. The van der Waals surface area contributed by atoms with E-state index in [1.807, 2.05) is 0 Å². The van der Waals surface area contributed by atoms with Gasteiger partial charge in [-0.1, -0.05) is 0 Å². The van der Waals surface area contributed by atoms with Crippen LogP contribution in [0, 0.1) is 5.92 Å². The number of benzene rings is 1. The average molecular weight is 339 g/mol. The molecule has 1 saturated carbocycles. The van der Waals surface area contributed by atoms with Crippen LogP contribution in [0.15, 0.2) is 36.5 Å². The highest BCUT2D eigenvalue weighted by atomic mass is 19.4. The Morgan fingerprint density at radius 3 is 2.50 bits per heavy atom. The summed E-state index contributed by atoms with van der Waals surface area (Å²) in [5.41, 5.74) is -0.164. The van der Waals surface area contributed by atoms with Crippen LogP contribution in [0.25, 0.3) is 5.69 Å². The monoisotopic (exact) mass is 339 g/mol. The smallest absolute Gasteiger partial charge is 0.392 e. The van der Waals surface area contributed by atoms with Crippen LogP contribution in [0.5, 0.6) is 0 Å². The second kappa shape index (κ2) is 6.27. The lowest BCUT2D eigenvalue weighted by molar-refractivity contribution is -0.142. The number of carbonyl (C=O) groups is 1. The van der Waals surface area contributed by atoms with Crippen molar-refractivity contribution in [3.63, 3.8) is 0 Å². The van der Waals surface area contributed by atoms with E-state index < -0.39 is 23.9 Å². The summed E-state index contributed by atoms with van der Waals surface area (Å²) >= 11 is 0. The molecule has 5 nitrogen and oxygen atoms in total. The number of rotatable bonds is 3. The molecule has 2 atom stereocenters. The molecular weight excluding hydrogens is 323 g/mol. The second-order valence-electron chi connectivity index (χ2n) is 5.77. The van der Waals surface area contributed by atoms with Gasteiger partial charge in [-0.15, -0.1) is 0 Å². The van der Waals surface area contributed by atoms with Crippen LogP contribution in [0.2, 0.25) is 0 Å². The minimum absolute atomic E-state index is 0.242. The quantitative estimate of drug-likeness (QED) is 0.903. The van der Waals surface area contributed by atoms with E-state index in [-0.39, 0.29) is 11.6 Å². The van der Waals surface area contributed by atoms with Gasteiger partial charge in [-0.2, -0.15) is 18.3 Å². The van der Waals surface area contributed by atoms with Crippen LogP contribution >= 0.6 is 0 Å². The van der Waals surface area contributed by atoms with Gasteiger partial charge in [0.1, 0.15) is 5.69 Å². The van der Waals surface area contributed by atoms with Crippen LogP contribution in [0.3, 0.4) is 0 Å². The number of amides is 1. The van der Waals surface area contributed by atoms with E-state index in [1.165, 1.54) is 24.3 Å². The van der Waals surface area contributed by atoms with E-state index in [1.54, 1.807) is 0 Å². The SMILES string of the molecule is O=C(Nc1ccc(-n2nccc2C(F)(F)F)cc1)C1CCCC1O. The molecule has 0 spiro atoms. The Balaban J connectivity index is 1.74. The summed E-state index contributed by atoms with van der Waals surface area (Å²) in [6, 6.07) is 6.82. The van der Waals surface area contributed by atoms with E-state index in [0.29, 0.717) is 18.5 Å². The maximum absolute atomic E-state index is 12.9. The third-order valence-corrected chi connectivity index (χ3v) is 4.13. The van der Waals surface area contributed by atoms with Gasteiger partial charge in [-0.05, 0) is 49.6 Å². The fourth-order valence-electron chi connectivity index (χ4n) is 2.89. The molecule has 2 aromatic rings. The molecule has 0 saturated heterocycles. The zero-order chi connectivity index (χ0) is 17.3. The number of halogens is 3. The molecule has 1 fully saturated rings. The lowest BCUT2D eigenvalue weighted by Crippen LogP contribution is -2.28. The van der Waals surface area contributed by atoms with Gasteiger partial charge in [0.05, 0.1) is 23.9 Å². The lowest BCUT2D eigenvalue weighted by atomic mass is 10.1. The van der Waals surface area contributed by atoms with Crippen molar-refractivity contribution in [2.24, 2.45) is 5.92 Å². The van der Waals surface area contributed by atoms with Crippen molar-refractivity contribution in [1.29, 1.82) is 0 Å². The Labute approximate surface area is 136 Å². The van der Waals surface area contributed by atoms with Gasteiger partial charge < -0.3 is 10.4 Å². The largest absolute Gasteiger partial charge is 0.433 e. The molecule has 128 valence electrons. The van der Waals surface area contributed by atoms with E-state index in [0.717, 1.165) is 23.4 Å². The van der Waals surface area contributed by atoms with Gasteiger partial charge in [0.25, 0.3) is 0 Å². The Hall–Kier alpha value is -2.35. The van der Waals surface area contributed by atoms with Crippen molar-refractivity contribution in [3.05, 3.63) is 42.2 Å². The van der Waals surface area contributed by atoms with E-state index in [4.69, 9.17) is 0 Å². The molecule has 0 aliphatic heterocycles. The van der Waals surface area contributed by atoms with Crippen LogP contribution in [-0.2, 0) is 11.0 Å². The molecule has 0 bridgehead atoms. The summed E-state index contributed by atoms with van der Waals surface area (Å²) in [5.74, 6) is -0.713. The molecule has 0 radical (unpaired) electrons. The number of nitrogens with zero attached hydrogens (tertiary/aromatic N) is 2. The minimum atomic E-state index is -4.50. The molecule has 1 heterocycles. The predicted octanol–water partition coefficient (Wildman–Crippen LogP) is 2.99. The Bertz CT molecular complexity index is 725. The number of hydrogen-bond donors (Lipinski definition) is 2. The molecule has 2 unspecified atom stereocenters. The number of aromatic nitrogens is 2. The maximum atomic E-state index is 12.9. The standard InChI is InChI=1S/C16H16F3N3O2/c17-16(18,19)14-8-9-20-22(14)11-6-4-10(5-7-11)21-15(24)12-2-1-3-13(12)23/h4-9,12-13,23H,1-3H2,(H,21,24). The fourth-order valence-corrected chi connectivity index (χ4v) is 2.89. The molecule has 1 aromatic heterocycles. The third kappa shape index (κ3) is 3.28. The highest BCUT2D eigenvalue weighted by Crippen LogP contribution is 2.31. The molecule has 2 N–H and O–H groups in total. The van der Waals surface area contributed by atoms with Crippen LogP contribution in [0.1, 0.15) is 25.0 Å². The van der Waals surface area contributed by atoms with Crippen molar-refractivity contribution >= 4 is 11.6 Å². The van der Waals surface area contributed by atoms with Crippen LogP contribution in [0.4, 0.5) is 18.9 Å². The van der Waals surface area contributed by atoms with Gasteiger partial charge in [0.2, 0.25) is 5.91 Å². The number of alkyl halides is 3. The lowest BCUT2D eigenvalue weighted by Gasteiger charge is -2.15. The Morgan fingerprint density at radius 2 is 1.92 bits per heavy atom. The topological polar surface area (TPSA) is 67.2 Å². The van der Waals surface area contributed by atoms with Gasteiger partial charge in [0.15, 0.2) is 0 Å². The summed E-state index contributed by atoms with van der Waals surface area (Å²) in [7, 11) is 0. The summed E-state index contributed by atoms with van der Waals surface area (Å²) in [5, 5.41) is 16.1. The van der Waals surface area contributed by atoms with Crippen LogP contribution in [-0.4, -0.2) is 26.9 Å². The molecular formula is C16H16F3N3O2. The van der Waals surface area contributed by atoms with Crippen molar-refractivity contribution in [1.82, 2.24) is 9.78 Å². The predicted molar refractivity (Wildman–Crippen MR) is 80.5 cm³/mol. The minimum Gasteiger partial charge on any atom is -0.392 e. The van der Waals surface area contributed by atoms with Crippen molar-refractivity contribution in [2.45, 2.75) is 31.5 Å². The number of aliphatic hydroxyl groups excluding tert-OH is 1. The van der Waals surface area contributed by atoms with E-state index >= 15 is 0 Å². The van der Waals surface area contributed by atoms with E-state index in [9.17, 15) is 23.1 Å². The van der Waals surface area contributed by atoms with Gasteiger partial charge in [0, 0.05) is 5.69 Å². The zero-order valence-corrected chi connectivity index (χ0v) is 12.6. The summed E-state index contributed by atoms with van der Waals surface area (Å²) in [4.78, 5) is 12.1. The summed E-state index contributed by atoms with van der Waals surface area (Å²) in [6.45, 7) is 0. The number of nitrogens with one attached hydrogen (secondary N) is 1. The molecule has 1 amide bonds. The van der Waals surface area contributed by atoms with Crippen LogP contribution < -0.4 is 5.32 Å². The molecule has 1 aliphatic carbocycles. The Kier molecular flexibility index (Phi) is 4.31. The van der Waals surface area contributed by atoms with E-state index in [2.05, 4.69) is 10.4 Å². The Morgan fingerprint density at radius 1 is 1.21 bits per heavy atom. The first-order valence-corrected chi connectivity index (χ1v) is 7.57. The van der Waals surface area contributed by atoms with Gasteiger partial charge >= 0.3 is 6.18 Å². The molecule has 3 rings (SSSR count). The highest BCUT2D eigenvalue weighted by Gasteiger charge is 2.35. The average Bonchev–Trinajstić information content (AvgIpc) is 3.16. The van der Waals surface area contributed by atoms with Gasteiger partial charge in [-0.25, -0.2) is 4.68 Å². The van der Waals surface area contributed by atoms with Crippen molar-refractivity contribution in [2.75, 3.05) is 5.32 Å². The first-order valence-electron chi connectivity index (χ1n) is 7.57. The number of hydrogen-bond acceptors (Lipinski definition) is 3. The molecule has 24 heavy (non-hydrogen) atoms. The first kappa shape index (κ1) is 16.5. The molecule has 1 aromatic carbocycles. The zero-order valence-electron chi connectivity index (χ0n) is 12.6. The molecule has 8 heteroatoms.